The first-order valence-corrected chi connectivity index (χ1v) is 8.39. The molecule has 25 heavy (non-hydrogen) atoms. The van der Waals surface area contributed by atoms with Gasteiger partial charge < -0.3 is 10.1 Å². The Kier molecular flexibility index (Phi) is 4.70. The number of nitrogens with zero attached hydrogens (tertiary/aromatic N) is 1. The number of aryl methyl sites for hydroxylation is 2. The van der Waals surface area contributed by atoms with Crippen LogP contribution in [0.3, 0.4) is 0 Å². The van der Waals surface area contributed by atoms with Crippen LogP contribution in [0.5, 0.6) is 5.75 Å². The number of benzene rings is 2. The van der Waals surface area contributed by atoms with E-state index in [9.17, 15) is 4.79 Å². The van der Waals surface area contributed by atoms with Crippen molar-refractivity contribution in [3.8, 4) is 5.75 Å². The molecule has 1 aromatic heterocycles. The third-order valence-electron chi connectivity index (χ3n) is 4.43. The highest BCUT2D eigenvalue weighted by molar-refractivity contribution is 6.09. The van der Waals surface area contributed by atoms with E-state index in [0.717, 1.165) is 33.4 Å². The van der Waals surface area contributed by atoms with Crippen LogP contribution >= 0.6 is 0 Å². The van der Waals surface area contributed by atoms with Crippen molar-refractivity contribution in [2.45, 2.75) is 27.2 Å². The van der Waals surface area contributed by atoms with E-state index in [2.05, 4.69) is 36.3 Å². The molecular formula is C21H22N2O2. The monoisotopic (exact) mass is 334 g/mol. The van der Waals surface area contributed by atoms with Crippen LogP contribution in [-0.4, -0.2) is 17.9 Å². The highest BCUT2D eigenvalue weighted by Gasteiger charge is 2.17. The molecule has 0 radical (unpaired) electrons. The number of hydrogen-bond acceptors (Lipinski definition) is 4. The number of para-hydroxylation sites is 2. The van der Waals surface area contributed by atoms with Crippen molar-refractivity contribution >= 4 is 28.1 Å². The molecule has 0 spiro atoms. The van der Waals surface area contributed by atoms with E-state index in [0.29, 0.717) is 17.7 Å². The van der Waals surface area contributed by atoms with Crippen LogP contribution in [0.2, 0.25) is 0 Å². The van der Waals surface area contributed by atoms with Crippen LogP contribution in [-0.2, 0) is 0 Å². The van der Waals surface area contributed by atoms with E-state index in [4.69, 9.17) is 4.74 Å². The van der Waals surface area contributed by atoms with Crippen LogP contribution in [0.25, 0.3) is 10.9 Å². The predicted molar refractivity (Wildman–Crippen MR) is 102 cm³/mol. The number of ether oxygens (including phenoxy) is 1. The van der Waals surface area contributed by atoms with Gasteiger partial charge in [0.25, 0.3) is 0 Å². The van der Waals surface area contributed by atoms with Gasteiger partial charge in [0.1, 0.15) is 11.3 Å². The van der Waals surface area contributed by atoms with Crippen molar-refractivity contribution in [3.05, 3.63) is 59.3 Å². The average Bonchev–Trinajstić information content (AvgIpc) is 2.63. The summed E-state index contributed by atoms with van der Waals surface area (Å²) in [4.78, 5) is 17.0. The minimum atomic E-state index is 0.0611. The van der Waals surface area contributed by atoms with Crippen LogP contribution in [0.4, 0.5) is 11.4 Å². The fourth-order valence-corrected chi connectivity index (χ4v) is 3.03. The summed E-state index contributed by atoms with van der Waals surface area (Å²) in [5, 5.41) is 4.38. The van der Waals surface area contributed by atoms with Crippen molar-refractivity contribution in [1.82, 2.24) is 4.98 Å². The molecule has 0 fully saturated rings. The first kappa shape index (κ1) is 17.0. The lowest BCUT2D eigenvalue weighted by Crippen LogP contribution is -2.06. The van der Waals surface area contributed by atoms with E-state index in [-0.39, 0.29) is 5.78 Å². The topological polar surface area (TPSA) is 51.2 Å². The standard InChI is InChI=1S/C21H22N2O2/c1-5-17(24)16-12-22-21-15(10-7-11-18(21)25-4)20(16)23-19-13(2)8-6-9-14(19)3/h6-12H,5H2,1-4H3,(H,22,23). The Morgan fingerprint density at radius 3 is 2.40 bits per heavy atom. The van der Waals surface area contributed by atoms with Gasteiger partial charge >= 0.3 is 0 Å². The molecule has 0 aliphatic rings. The second-order valence-corrected chi connectivity index (χ2v) is 6.07. The lowest BCUT2D eigenvalue weighted by molar-refractivity contribution is 0.0989. The number of fused-ring (bicyclic) bond motifs is 1. The molecular weight excluding hydrogens is 312 g/mol. The van der Waals surface area contributed by atoms with Gasteiger partial charge in [-0.15, -0.1) is 0 Å². The van der Waals surface area contributed by atoms with Crippen molar-refractivity contribution in [2.24, 2.45) is 0 Å². The predicted octanol–water partition coefficient (Wildman–Crippen LogP) is 5.20. The van der Waals surface area contributed by atoms with Crippen LogP contribution < -0.4 is 10.1 Å². The highest BCUT2D eigenvalue weighted by atomic mass is 16.5. The summed E-state index contributed by atoms with van der Waals surface area (Å²) in [6.45, 7) is 5.97. The summed E-state index contributed by atoms with van der Waals surface area (Å²) in [7, 11) is 1.63. The van der Waals surface area contributed by atoms with E-state index < -0.39 is 0 Å². The SMILES string of the molecule is CCC(=O)c1cnc2c(OC)cccc2c1Nc1c(C)cccc1C. The Balaban J connectivity index is 2.28. The van der Waals surface area contributed by atoms with E-state index in [1.807, 2.05) is 31.2 Å². The van der Waals surface area contributed by atoms with E-state index in [1.165, 1.54) is 0 Å². The van der Waals surface area contributed by atoms with Gasteiger partial charge in [0.2, 0.25) is 0 Å². The van der Waals surface area contributed by atoms with Gasteiger partial charge in [-0.1, -0.05) is 37.3 Å². The molecule has 0 bridgehead atoms. The largest absolute Gasteiger partial charge is 0.494 e. The first-order chi connectivity index (χ1) is 12.1. The molecule has 1 N–H and O–H groups in total. The number of nitrogens with one attached hydrogen (secondary N) is 1. The molecule has 0 aliphatic carbocycles. The summed E-state index contributed by atoms with van der Waals surface area (Å²) >= 11 is 0. The summed E-state index contributed by atoms with van der Waals surface area (Å²) in [5.41, 5.74) is 5.40. The molecule has 0 atom stereocenters. The number of pyridine rings is 1. The highest BCUT2D eigenvalue weighted by Crippen LogP contribution is 2.35. The van der Waals surface area contributed by atoms with Gasteiger partial charge in [0.15, 0.2) is 5.78 Å². The van der Waals surface area contributed by atoms with E-state index >= 15 is 0 Å². The van der Waals surface area contributed by atoms with Crippen molar-refractivity contribution in [1.29, 1.82) is 0 Å². The Hall–Kier alpha value is -2.88. The molecule has 0 saturated heterocycles. The van der Waals surface area contributed by atoms with E-state index in [1.54, 1.807) is 13.3 Å². The zero-order chi connectivity index (χ0) is 18.0. The summed E-state index contributed by atoms with van der Waals surface area (Å²) < 4.78 is 5.43. The number of anilines is 2. The number of Topliss-reactive ketones (excluding diaryl/α,β-unsaturated/α-hetero) is 1. The molecule has 1 heterocycles. The smallest absolute Gasteiger partial charge is 0.166 e. The quantitative estimate of drug-likeness (QED) is 0.652. The number of rotatable bonds is 5. The van der Waals surface area contributed by atoms with Crippen LogP contribution in [0.15, 0.2) is 42.6 Å². The van der Waals surface area contributed by atoms with Gasteiger partial charge in [-0.05, 0) is 31.0 Å². The number of carbonyl (C=O) groups excluding carboxylic acids is 1. The molecule has 2 aromatic carbocycles. The van der Waals surface area contributed by atoms with Crippen molar-refractivity contribution < 1.29 is 9.53 Å². The maximum Gasteiger partial charge on any atom is 0.166 e. The first-order valence-electron chi connectivity index (χ1n) is 8.39. The van der Waals surface area contributed by atoms with Gasteiger partial charge in [-0.3, -0.25) is 9.78 Å². The fourth-order valence-electron chi connectivity index (χ4n) is 3.03. The Morgan fingerprint density at radius 1 is 1.08 bits per heavy atom. The molecule has 4 nitrogen and oxygen atoms in total. The van der Waals surface area contributed by atoms with Crippen LogP contribution in [0.1, 0.15) is 34.8 Å². The zero-order valence-electron chi connectivity index (χ0n) is 15.0. The van der Waals surface area contributed by atoms with Crippen LogP contribution in [0, 0.1) is 13.8 Å². The number of ketones is 1. The lowest BCUT2D eigenvalue weighted by Gasteiger charge is -2.18. The summed E-state index contributed by atoms with van der Waals surface area (Å²) in [5.74, 6) is 0.753. The maximum absolute atomic E-state index is 12.5. The van der Waals surface area contributed by atoms with Gasteiger partial charge in [0, 0.05) is 23.7 Å². The Morgan fingerprint density at radius 2 is 1.76 bits per heavy atom. The molecule has 0 saturated carbocycles. The zero-order valence-corrected chi connectivity index (χ0v) is 15.0. The third-order valence-corrected chi connectivity index (χ3v) is 4.43. The summed E-state index contributed by atoms with van der Waals surface area (Å²) in [6, 6.07) is 11.9. The molecule has 3 aromatic rings. The Labute approximate surface area is 147 Å². The van der Waals surface area contributed by atoms with Crippen molar-refractivity contribution in [2.75, 3.05) is 12.4 Å². The number of methoxy groups -OCH3 is 1. The Bertz CT molecular complexity index is 928. The average molecular weight is 334 g/mol. The number of aromatic nitrogens is 1. The molecule has 0 unspecified atom stereocenters. The maximum atomic E-state index is 12.5. The van der Waals surface area contributed by atoms with Gasteiger partial charge in [0.05, 0.1) is 18.4 Å². The minimum absolute atomic E-state index is 0.0611. The molecule has 0 aliphatic heterocycles. The van der Waals surface area contributed by atoms with Gasteiger partial charge in [-0.2, -0.15) is 0 Å². The second-order valence-electron chi connectivity index (χ2n) is 6.07. The molecule has 0 amide bonds. The van der Waals surface area contributed by atoms with Gasteiger partial charge in [-0.25, -0.2) is 0 Å². The minimum Gasteiger partial charge on any atom is -0.494 e. The normalized spacial score (nSPS) is 10.7. The molecule has 4 heteroatoms. The fraction of sp³-hybridized carbons (Fsp3) is 0.238. The number of hydrogen-bond donors (Lipinski definition) is 1. The molecule has 3 rings (SSSR count). The molecule has 128 valence electrons. The van der Waals surface area contributed by atoms with Crippen molar-refractivity contribution in [3.63, 3.8) is 0 Å². The summed E-state index contributed by atoms with van der Waals surface area (Å²) in [6.07, 6.45) is 2.07. The lowest BCUT2D eigenvalue weighted by atomic mass is 10.0. The number of carbonyl (C=O) groups is 1. The third kappa shape index (κ3) is 3.07. The second kappa shape index (κ2) is 6.93.